The lowest BCUT2D eigenvalue weighted by atomic mass is 10.0. The number of anilines is 1. The van der Waals surface area contributed by atoms with Gasteiger partial charge in [0.15, 0.2) is 28.5 Å². The zero-order chi connectivity index (χ0) is 22.4. The molecule has 3 aromatic rings. The number of carbonyl (C=O) groups excluding carboxylic acids is 1. The van der Waals surface area contributed by atoms with Gasteiger partial charge in [0.2, 0.25) is 5.75 Å². The van der Waals surface area contributed by atoms with E-state index in [4.69, 9.17) is 14.2 Å². The summed E-state index contributed by atoms with van der Waals surface area (Å²) in [6.07, 6.45) is 3.35. The standard InChI is InChI=1S/C22H26N6O4/c1-26-12-25-18-20(26)23-11-24-21(18)27-7-14-9-28(10-15(14)8-27)22(29)13-5-16(30-2)19(32-4)17(6-13)31-3/h5-6,11-12,14-15H,7-10H2,1-4H3. The molecule has 5 rings (SSSR count). The molecular weight excluding hydrogens is 412 g/mol. The predicted molar refractivity (Wildman–Crippen MR) is 117 cm³/mol. The lowest BCUT2D eigenvalue weighted by molar-refractivity contribution is 0.0781. The van der Waals surface area contributed by atoms with Crippen LogP contribution in [0.5, 0.6) is 17.2 Å². The average Bonchev–Trinajstić information content (AvgIpc) is 3.51. The van der Waals surface area contributed by atoms with Gasteiger partial charge in [-0.3, -0.25) is 4.79 Å². The summed E-state index contributed by atoms with van der Waals surface area (Å²) in [4.78, 5) is 30.8. The molecule has 0 bridgehead atoms. The smallest absolute Gasteiger partial charge is 0.254 e. The number of aromatic nitrogens is 4. The van der Waals surface area contributed by atoms with Gasteiger partial charge in [-0.2, -0.15) is 0 Å². The molecule has 2 atom stereocenters. The fourth-order valence-electron chi connectivity index (χ4n) is 4.88. The minimum atomic E-state index is -0.0284. The summed E-state index contributed by atoms with van der Waals surface area (Å²) in [7, 11) is 6.57. The number of nitrogens with zero attached hydrogens (tertiary/aromatic N) is 6. The molecule has 2 fully saturated rings. The third kappa shape index (κ3) is 3.17. The largest absolute Gasteiger partial charge is 0.493 e. The monoisotopic (exact) mass is 438 g/mol. The van der Waals surface area contributed by atoms with Crippen molar-refractivity contribution < 1.29 is 19.0 Å². The summed E-state index contributed by atoms with van der Waals surface area (Å²) in [5.74, 6) is 3.04. The van der Waals surface area contributed by atoms with Crippen molar-refractivity contribution in [3.05, 3.63) is 30.4 Å². The van der Waals surface area contributed by atoms with Crippen LogP contribution in [0.25, 0.3) is 11.2 Å². The van der Waals surface area contributed by atoms with E-state index < -0.39 is 0 Å². The Morgan fingerprint density at radius 2 is 1.59 bits per heavy atom. The molecule has 2 aromatic heterocycles. The number of amides is 1. The van der Waals surface area contributed by atoms with Crippen molar-refractivity contribution in [3.63, 3.8) is 0 Å². The molecule has 2 saturated heterocycles. The summed E-state index contributed by atoms with van der Waals surface area (Å²) in [6, 6.07) is 3.42. The number of aryl methyl sites for hydroxylation is 1. The highest BCUT2D eigenvalue weighted by atomic mass is 16.5. The topological polar surface area (TPSA) is 94.8 Å². The highest BCUT2D eigenvalue weighted by Crippen LogP contribution is 2.40. The maximum absolute atomic E-state index is 13.3. The second-order valence-corrected chi connectivity index (χ2v) is 8.27. The molecule has 2 unspecified atom stereocenters. The minimum absolute atomic E-state index is 0.0284. The van der Waals surface area contributed by atoms with Gasteiger partial charge < -0.3 is 28.6 Å². The summed E-state index contributed by atoms with van der Waals surface area (Å²) >= 11 is 0. The molecule has 1 aromatic carbocycles. The van der Waals surface area contributed by atoms with Crippen LogP contribution in [0.15, 0.2) is 24.8 Å². The van der Waals surface area contributed by atoms with E-state index in [1.54, 1.807) is 46.1 Å². The van der Waals surface area contributed by atoms with E-state index in [9.17, 15) is 4.79 Å². The zero-order valence-corrected chi connectivity index (χ0v) is 18.6. The first-order valence-electron chi connectivity index (χ1n) is 10.5. The van der Waals surface area contributed by atoms with E-state index in [0.717, 1.165) is 30.1 Å². The Bertz CT molecular complexity index is 1140. The Balaban J connectivity index is 1.33. The maximum Gasteiger partial charge on any atom is 0.254 e. The van der Waals surface area contributed by atoms with E-state index in [2.05, 4.69) is 19.9 Å². The van der Waals surface area contributed by atoms with Crippen LogP contribution in [0.4, 0.5) is 5.82 Å². The van der Waals surface area contributed by atoms with E-state index in [1.807, 2.05) is 16.5 Å². The summed E-state index contributed by atoms with van der Waals surface area (Å²) in [6.45, 7) is 3.08. The van der Waals surface area contributed by atoms with Crippen molar-refractivity contribution in [3.8, 4) is 17.2 Å². The van der Waals surface area contributed by atoms with Gasteiger partial charge in [-0.25, -0.2) is 15.0 Å². The quantitative estimate of drug-likeness (QED) is 0.593. The number of ether oxygens (including phenoxy) is 3. The number of hydrogen-bond donors (Lipinski definition) is 0. The number of benzene rings is 1. The lowest BCUT2D eigenvalue weighted by Crippen LogP contribution is -2.33. The Morgan fingerprint density at radius 1 is 0.938 bits per heavy atom. The Hall–Kier alpha value is -3.56. The van der Waals surface area contributed by atoms with Gasteiger partial charge in [0, 0.05) is 50.6 Å². The van der Waals surface area contributed by atoms with Crippen molar-refractivity contribution in [1.29, 1.82) is 0 Å². The van der Waals surface area contributed by atoms with E-state index in [0.29, 0.717) is 47.7 Å². The van der Waals surface area contributed by atoms with Crippen molar-refractivity contribution >= 4 is 22.9 Å². The van der Waals surface area contributed by atoms with Crippen LogP contribution >= 0.6 is 0 Å². The van der Waals surface area contributed by atoms with Gasteiger partial charge in [-0.1, -0.05) is 0 Å². The van der Waals surface area contributed by atoms with Crippen LogP contribution in [0.1, 0.15) is 10.4 Å². The number of methoxy groups -OCH3 is 3. The van der Waals surface area contributed by atoms with Crippen molar-refractivity contribution in [2.24, 2.45) is 18.9 Å². The van der Waals surface area contributed by atoms with Crippen LogP contribution < -0.4 is 19.1 Å². The molecule has 1 amide bonds. The van der Waals surface area contributed by atoms with Gasteiger partial charge in [0.1, 0.15) is 6.33 Å². The Labute approximate surface area is 185 Å². The minimum Gasteiger partial charge on any atom is -0.493 e. The molecule has 0 saturated carbocycles. The van der Waals surface area contributed by atoms with Crippen molar-refractivity contribution in [2.45, 2.75) is 0 Å². The van der Waals surface area contributed by atoms with Crippen LogP contribution in [-0.4, -0.2) is 77.8 Å². The molecule has 10 heteroatoms. The number of carbonyl (C=O) groups is 1. The fraction of sp³-hybridized carbons (Fsp3) is 0.455. The molecule has 10 nitrogen and oxygen atoms in total. The molecule has 2 aliphatic rings. The van der Waals surface area contributed by atoms with Gasteiger partial charge >= 0.3 is 0 Å². The number of fused-ring (bicyclic) bond motifs is 2. The SMILES string of the molecule is COc1cc(C(=O)N2CC3CN(c4ncnc5c4ncn5C)CC3C2)cc(OC)c1OC. The molecular formula is C22H26N6O4. The molecule has 0 N–H and O–H groups in total. The van der Waals surface area contributed by atoms with Crippen molar-refractivity contribution in [2.75, 3.05) is 52.4 Å². The summed E-state index contributed by atoms with van der Waals surface area (Å²) < 4.78 is 18.1. The lowest BCUT2D eigenvalue weighted by Gasteiger charge is -2.23. The van der Waals surface area contributed by atoms with Crippen LogP contribution in [-0.2, 0) is 7.05 Å². The average molecular weight is 438 g/mol. The number of hydrogen-bond acceptors (Lipinski definition) is 8. The predicted octanol–water partition coefficient (Wildman–Crippen LogP) is 1.60. The first kappa shape index (κ1) is 20.3. The van der Waals surface area contributed by atoms with Crippen LogP contribution in [0.2, 0.25) is 0 Å². The van der Waals surface area contributed by atoms with E-state index >= 15 is 0 Å². The first-order chi connectivity index (χ1) is 15.5. The van der Waals surface area contributed by atoms with Crippen molar-refractivity contribution in [1.82, 2.24) is 24.4 Å². The molecule has 0 spiro atoms. The van der Waals surface area contributed by atoms with Gasteiger partial charge in [0.25, 0.3) is 5.91 Å². The fourth-order valence-corrected chi connectivity index (χ4v) is 4.88. The Morgan fingerprint density at radius 3 is 2.19 bits per heavy atom. The Kier molecular flexibility index (Phi) is 4.99. The third-order valence-corrected chi connectivity index (χ3v) is 6.46. The number of rotatable bonds is 5. The zero-order valence-electron chi connectivity index (χ0n) is 18.6. The van der Waals surface area contributed by atoms with Gasteiger partial charge in [-0.05, 0) is 12.1 Å². The second-order valence-electron chi connectivity index (χ2n) is 8.27. The molecule has 2 aliphatic heterocycles. The van der Waals surface area contributed by atoms with Gasteiger partial charge in [0.05, 0.1) is 27.7 Å². The first-order valence-corrected chi connectivity index (χ1v) is 10.5. The normalized spacial score (nSPS) is 20.0. The van der Waals surface area contributed by atoms with Crippen LogP contribution in [0, 0.1) is 11.8 Å². The summed E-state index contributed by atoms with van der Waals surface area (Å²) in [5, 5.41) is 0. The summed E-state index contributed by atoms with van der Waals surface area (Å²) in [5.41, 5.74) is 2.17. The second kappa shape index (κ2) is 7.85. The van der Waals surface area contributed by atoms with Crippen LogP contribution in [0.3, 0.4) is 0 Å². The molecule has 168 valence electrons. The van der Waals surface area contributed by atoms with Gasteiger partial charge in [-0.15, -0.1) is 0 Å². The highest BCUT2D eigenvalue weighted by molar-refractivity contribution is 5.96. The van der Waals surface area contributed by atoms with E-state index in [-0.39, 0.29) is 5.91 Å². The number of imidazole rings is 1. The third-order valence-electron chi connectivity index (χ3n) is 6.46. The van der Waals surface area contributed by atoms with E-state index in [1.165, 1.54) is 0 Å². The molecule has 0 radical (unpaired) electrons. The number of likely N-dealkylation sites (tertiary alicyclic amines) is 1. The molecule has 4 heterocycles. The molecule has 0 aliphatic carbocycles. The maximum atomic E-state index is 13.3. The highest BCUT2D eigenvalue weighted by Gasteiger charge is 2.43. The molecule has 32 heavy (non-hydrogen) atoms.